The summed E-state index contributed by atoms with van der Waals surface area (Å²) in [5, 5.41) is 4.84. The van der Waals surface area contributed by atoms with E-state index in [0.717, 1.165) is 28.1 Å². The number of fused-ring (bicyclic) bond motifs is 1. The molecule has 0 saturated carbocycles. The Balaban J connectivity index is 1.82. The van der Waals surface area contributed by atoms with Crippen LogP contribution in [-0.2, 0) is 26.1 Å². The smallest absolute Gasteiger partial charge is 0.294 e. The second-order valence-electron chi connectivity index (χ2n) is 6.83. The van der Waals surface area contributed by atoms with E-state index in [4.69, 9.17) is 4.55 Å². The van der Waals surface area contributed by atoms with Gasteiger partial charge >= 0.3 is 0 Å². The first-order valence-corrected chi connectivity index (χ1v) is 11.6. The molecule has 1 unspecified atom stereocenters. The zero-order chi connectivity index (χ0) is 21.7. The van der Waals surface area contributed by atoms with E-state index in [-0.39, 0.29) is 15.9 Å². The number of hydrogen-bond acceptors (Lipinski definition) is 5. The van der Waals surface area contributed by atoms with Crippen LogP contribution in [0.25, 0.3) is 10.8 Å². The molecule has 0 spiro atoms. The third kappa shape index (κ3) is 5.69. The van der Waals surface area contributed by atoms with Crippen LogP contribution in [0.1, 0.15) is 12.5 Å². The van der Waals surface area contributed by atoms with Crippen molar-refractivity contribution >= 4 is 49.4 Å². The molecule has 3 aromatic rings. The molecule has 2 N–H and O–H groups in total. The summed E-state index contributed by atoms with van der Waals surface area (Å²) in [5.41, 5.74) is 1.42. The highest BCUT2D eigenvalue weighted by molar-refractivity contribution is 8.13. The number of carbonyl (C=O) groups excluding carboxylic acids is 2. The third-order valence-corrected chi connectivity index (χ3v) is 6.47. The first kappa shape index (κ1) is 22.0. The average Bonchev–Trinajstić information content (AvgIpc) is 2.70. The maximum Gasteiger partial charge on any atom is 0.294 e. The minimum absolute atomic E-state index is 0.0665. The summed E-state index contributed by atoms with van der Waals surface area (Å²) < 4.78 is 31.4. The number of hydrogen-bond donors (Lipinski definition) is 2. The van der Waals surface area contributed by atoms with Crippen molar-refractivity contribution in [2.24, 2.45) is 5.92 Å². The van der Waals surface area contributed by atoms with Crippen LogP contribution in [0, 0.1) is 5.92 Å². The van der Waals surface area contributed by atoms with Gasteiger partial charge in [0.25, 0.3) is 10.1 Å². The second-order valence-corrected chi connectivity index (χ2v) is 9.45. The SMILES string of the molecule is CC(=O)SCC(Cc1cccc2ccccc12)C(=O)Nc1ccc(S(=O)(=O)O)cc1. The first-order valence-electron chi connectivity index (χ1n) is 9.22. The lowest BCUT2D eigenvalue weighted by atomic mass is 9.95. The molecule has 0 fully saturated rings. The van der Waals surface area contributed by atoms with E-state index in [0.29, 0.717) is 17.9 Å². The largest absolute Gasteiger partial charge is 0.326 e. The lowest BCUT2D eigenvalue weighted by Crippen LogP contribution is -2.27. The fourth-order valence-electron chi connectivity index (χ4n) is 3.14. The first-order chi connectivity index (χ1) is 14.2. The molecule has 0 aliphatic carbocycles. The molecular formula is C22H21NO5S2. The van der Waals surface area contributed by atoms with Gasteiger partial charge in [0.15, 0.2) is 5.12 Å². The Hall–Kier alpha value is -2.68. The topological polar surface area (TPSA) is 101 Å². The van der Waals surface area contributed by atoms with Gasteiger partial charge in [-0.15, -0.1) is 0 Å². The van der Waals surface area contributed by atoms with Gasteiger partial charge in [0.2, 0.25) is 5.91 Å². The normalized spacial score (nSPS) is 12.5. The third-order valence-electron chi connectivity index (χ3n) is 4.62. The molecule has 1 atom stereocenters. The summed E-state index contributed by atoms with van der Waals surface area (Å²) >= 11 is 1.10. The van der Waals surface area contributed by atoms with Gasteiger partial charge in [0, 0.05) is 18.4 Å². The Morgan fingerprint density at radius 1 is 1.00 bits per heavy atom. The summed E-state index contributed by atoms with van der Waals surface area (Å²) in [7, 11) is -4.30. The molecule has 3 aromatic carbocycles. The summed E-state index contributed by atoms with van der Waals surface area (Å²) in [4.78, 5) is 24.2. The van der Waals surface area contributed by atoms with Crippen molar-refractivity contribution < 1.29 is 22.6 Å². The Bertz CT molecular complexity index is 1170. The summed E-state index contributed by atoms with van der Waals surface area (Å²) in [6.45, 7) is 1.46. The minimum atomic E-state index is -4.30. The molecule has 156 valence electrons. The van der Waals surface area contributed by atoms with Crippen molar-refractivity contribution in [3.05, 3.63) is 72.3 Å². The molecule has 0 bridgehead atoms. The lowest BCUT2D eigenvalue weighted by Gasteiger charge is -2.17. The Labute approximate surface area is 179 Å². The molecule has 3 rings (SSSR count). The highest BCUT2D eigenvalue weighted by Crippen LogP contribution is 2.24. The van der Waals surface area contributed by atoms with E-state index in [1.807, 2.05) is 42.5 Å². The molecule has 0 aromatic heterocycles. The average molecular weight is 444 g/mol. The number of carbonyl (C=O) groups is 2. The summed E-state index contributed by atoms with van der Waals surface area (Å²) in [6.07, 6.45) is 0.455. The van der Waals surface area contributed by atoms with E-state index in [1.165, 1.54) is 31.2 Å². The zero-order valence-electron chi connectivity index (χ0n) is 16.2. The summed E-state index contributed by atoms with van der Waals surface area (Å²) in [5.74, 6) is -0.407. The maximum absolute atomic E-state index is 12.9. The highest BCUT2D eigenvalue weighted by atomic mass is 32.2. The molecule has 0 heterocycles. The van der Waals surface area contributed by atoms with Crippen LogP contribution < -0.4 is 5.32 Å². The lowest BCUT2D eigenvalue weighted by molar-refractivity contribution is -0.119. The quantitative estimate of drug-likeness (QED) is 0.532. The molecule has 0 aliphatic rings. The van der Waals surface area contributed by atoms with Gasteiger partial charge in [0.05, 0.1) is 10.8 Å². The highest BCUT2D eigenvalue weighted by Gasteiger charge is 2.21. The Morgan fingerprint density at radius 3 is 2.33 bits per heavy atom. The maximum atomic E-state index is 12.9. The van der Waals surface area contributed by atoms with Gasteiger partial charge in [-0.2, -0.15) is 8.42 Å². The van der Waals surface area contributed by atoms with Gasteiger partial charge < -0.3 is 5.32 Å². The fourth-order valence-corrected chi connectivity index (χ4v) is 4.32. The van der Waals surface area contributed by atoms with Crippen molar-refractivity contribution in [2.75, 3.05) is 11.1 Å². The monoisotopic (exact) mass is 443 g/mol. The van der Waals surface area contributed by atoms with E-state index in [9.17, 15) is 18.0 Å². The van der Waals surface area contributed by atoms with E-state index in [2.05, 4.69) is 5.32 Å². The standard InChI is InChI=1S/C22H21NO5S2/c1-15(24)29-14-18(13-17-7-4-6-16-5-2-3-8-21(16)17)22(25)23-19-9-11-20(12-10-19)30(26,27)28/h2-12,18H,13-14H2,1H3,(H,23,25)(H,26,27,28). The van der Waals surface area contributed by atoms with Crippen LogP contribution in [-0.4, -0.2) is 29.7 Å². The van der Waals surface area contributed by atoms with Crippen LogP contribution in [0.4, 0.5) is 5.69 Å². The van der Waals surface area contributed by atoms with Crippen molar-refractivity contribution in [1.29, 1.82) is 0 Å². The summed E-state index contributed by atoms with van der Waals surface area (Å²) in [6, 6.07) is 19.1. The van der Waals surface area contributed by atoms with Crippen molar-refractivity contribution in [2.45, 2.75) is 18.2 Å². The van der Waals surface area contributed by atoms with Crippen molar-refractivity contribution in [3.8, 4) is 0 Å². The predicted molar refractivity (Wildman–Crippen MR) is 119 cm³/mol. The van der Waals surface area contributed by atoms with Crippen molar-refractivity contribution in [1.82, 2.24) is 0 Å². The van der Waals surface area contributed by atoms with E-state index >= 15 is 0 Å². The number of thioether (sulfide) groups is 1. The van der Waals surface area contributed by atoms with Crippen LogP contribution in [0.5, 0.6) is 0 Å². The minimum Gasteiger partial charge on any atom is -0.326 e. The van der Waals surface area contributed by atoms with Crippen LogP contribution in [0.2, 0.25) is 0 Å². The van der Waals surface area contributed by atoms with Crippen molar-refractivity contribution in [3.63, 3.8) is 0 Å². The number of rotatable bonds is 7. The van der Waals surface area contributed by atoms with E-state index in [1.54, 1.807) is 0 Å². The number of anilines is 1. The van der Waals surface area contributed by atoms with Crippen LogP contribution >= 0.6 is 11.8 Å². The molecule has 8 heteroatoms. The molecule has 0 aliphatic heterocycles. The van der Waals surface area contributed by atoms with Gasteiger partial charge in [-0.3, -0.25) is 14.1 Å². The predicted octanol–water partition coefficient (Wildman–Crippen LogP) is 4.16. The molecular weight excluding hydrogens is 422 g/mol. The second kappa shape index (κ2) is 9.42. The zero-order valence-corrected chi connectivity index (χ0v) is 17.9. The Kier molecular flexibility index (Phi) is 6.91. The Morgan fingerprint density at radius 2 is 1.67 bits per heavy atom. The molecule has 0 saturated heterocycles. The van der Waals surface area contributed by atoms with Gasteiger partial charge in [-0.1, -0.05) is 54.2 Å². The molecule has 6 nitrogen and oxygen atoms in total. The number of benzene rings is 3. The van der Waals surface area contributed by atoms with Gasteiger partial charge in [-0.05, 0) is 47.0 Å². The van der Waals surface area contributed by atoms with Gasteiger partial charge in [0.1, 0.15) is 0 Å². The molecule has 0 radical (unpaired) electrons. The van der Waals surface area contributed by atoms with E-state index < -0.39 is 16.0 Å². The number of amides is 1. The van der Waals surface area contributed by atoms with Crippen LogP contribution in [0.15, 0.2) is 71.6 Å². The molecule has 30 heavy (non-hydrogen) atoms. The molecule has 1 amide bonds. The number of nitrogens with one attached hydrogen (secondary N) is 1. The van der Waals surface area contributed by atoms with Gasteiger partial charge in [-0.25, -0.2) is 0 Å². The fraction of sp³-hybridized carbons (Fsp3) is 0.182. The van der Waals surface area contributed by atoms with Crippen LogP contribution in [0.3, 0.4) is 0 Å².